The van der Waals surface area contributed by atoms with Gasteiger partial charge in [0.25, 0.3) is 0 Å². The normalized spacial score (nSPS) is 17.7. The van der Waals surface area contributed by atoms with Crippen LogP contribution in [0.5, 0.6) is 0 Å². The molecule has 6 heteroatoms. The topological polar surface area (TPSA) is 43.9 Å². The van der Waals surface area contributed by atoms with Crippen LogP contribution in [0.1, 0.15) is 18.9 Å². The van der Waals surface area contributed by atoms with Crippen molar-refractivity contribution in [2.45, 2.75) is 19.9 Å². The van der Waals surface area contributed by atoms with Crippen molar-refractivity contribution in [3.05, 3.63) is 35.9 Å². The summed E-state index contributed by atoms with van der Waals surface area (Å²) in [5.74, 6) is 0.225. The second-order valence-electron chi connectivity index (χ2n) is 6.28. The van der Waals surface area contributed by atoms with Gasteiger partial charge in [-0.2, -0.15) is 4.31 Å². The summed E-state index contributed by atoms with van der Waals surface area (Å²) in [6.45, 7) is 7.91. The fraction of sp³-hybridized carbons (Fsp3) is 0.647. The minimum atomic E-state index is -3.19. The van der Waals surface area contributed by atoms with Gasteiger partial charge in [-0.15, -0.1) is 0 Å². The summed E-state index contributed by atoms with van der Waals surface area (Å²) in [5, 5.41) is 0. The molecular weight excluding hydrogens is 310 g/mol. The molecule has 1 aliphatic heterocycles. The molecule has 0 spiro atoms. The standard InChI is InChI=1S/C17H29N3O2S/c1-3-15-23(21,22)20(16-17-7-5-4-6-8-17)14-13-19-11-9-18(2)10-12-19/h4-8H,3,9-16H2,1-2H3. The smallest absolute Gasteiger partial charge is 0.214 e. The average Bonchev–Trinajstić information content (AvgIpc) is 2.54. The van der Waals surface area contributed by atoms with Crippen LogP contribution in [0.15, 0.2) is 30.3 Å². The Labute approximate surface area is 140 Å². The van der Waals surface area contributed by atoms with Crippen LogP contribution in [0.4, 0.5) is 0 Å². The molecule has 1 aromatic rings. The average molecular weight is 340 g/mol. The Kier molecular flexibility index (Phi) is 7.02. The second kappa shape index (κ2) is 8.78. The first-order valence-electron chi connectivity index (χ1n) is 8.44. The first kappa shape index (κ1) is 18.4. The summed E-state index contributed by atoms with van der Waals surface area (Å²) in [4.78, 5) is 4.67. The Morgan fingerprint density at radius 3 is 2.35 bits per heavy atom. The Morgan fingerprint density at radius 1 is 1.09 bits per heavy atom. The van der Waals surface area contributed by atoms with Crippen LogP contribution in [-0.4, -0.2) is 74.6 Å². The Hall–Kier alpha value is -0.950. The summed E-state index contributed by atoms with van der Waals surface area (Å²) < 4.78 is 26.8. The molecule has 1 heterocycles. The highest BCUT2D eigenvalue weighted by Crippen LogP contribution is 2.11. The Bertz CT molecular complexity index is 554. The number of benzene rings is 1. The predicted molar refractivity (Wildman–Crippen MR) is 94.9 cm³/mol. The number of likely N-dealkylation sites (N-methyl/N-ethyl adjacent to an activating group) is 1. The highest BCUT2D eigenvalue weighted by Gasteiger charge is 2.23. The van der Waals surface area contributed by atoms with Crippen LogP contribution in [0, 0.1) is 0 Å². The van der Waals surface area contributed by atoms with Gasteiger partial charge in [0.1, 0.15) is 0 Å². The molecule has 1 aliphatic rings. The van der Waals surface area contributed by atoms with Crippen molar-refractivity contribution in [3.63, 3.8) is 0 Å². The lowest BCUT2D eigenvalue weighted by Crippen LogP contribution is -2.47. The third-order valence-electron chi connectivity index (χ3n) is 4.32. The van der Waals surface area contributed by atoms with Crippen LogP contribution >= 0.6 is 0 Å². The maximum Gasteiger partial charge on any atom is 0.214 e. The lowest BCUT2D eigenvalue weighted by atomic mass is 10.2. The lowest BCUT2D eigenvalue weighted by Gasteiger charge is -2.33. The van der Waals surface area contributed by atoms with Gasteiger partial charge in [0, 0.05) is 45.8 Å². The zero-order chi connectivity index (χ0) is 16.7. The van der Waals surface area contributed by atoms with Crippen molar-refractivity contribution in [2.75, 3.05) is 52.1 Å². The molecule has 1 saturated heterocycles. The van der Waals surface area contributed by atoms with Crippen molar-refractivity contribution < 1.29 is 8.42 Å². The van der Waals surface area contributed by atoms with E-state index in [0.717, 1.165) is 38.3 Å². The molecule has 2 rings (SSSR count). The molecule has 0 aliphatic carbocycles. The van der Waals surface area contributed by atoms with E-state index < -0.39 is 10.0 Å². The number of hydrogen-bond donors (Lipinski definition) is 0. The van der Waals surface area contributed by atoms with E-state index in [9.17, 15) is 8.42 Å². The van der Waals surface area contributed by atoms with Crippen molar-refractivity contribution in [1.29, 1.82) is 0 Å². The second-order valence-corrected chi connectivity index (χ2v) is 8.37. The molecule has 0 bridgehead atoms. The van der Waals surface area contributed by atoms with Gasteiger partial charge >= 0.3 is 0 Å². The molecule has 0 atom stereocenters. The van der Waals surface area contributed by atoms with Crippen LogP contribution in [0.2, 0.25) is 0 Å². The summed E-state index contributed by atoms with van der Waals surface area (Å²) >= 11 is 0. The van der Waals surface area contributed by atoms with Gasteiger partial charge in [0.15, 0.2) is 0 Å². The third kappa shape index (κ3) is 5.88. The van der Waals surface area contributed by atoms with Crippen LogP contribution in [0.3, 0.4) is 0 Å². The van der Waals surface area contributed by atoms with Gasteiger partial charge < -0.3 is 4.90 Å². The first-order valence-corrected chi connectivity index (χ1v) is 10.0. The van der Waals surface area contributed by atoms with E-state index in [1.807, 2.05) is 37.3 Å². The van der Waals surface area contributed by atoms with E-state index in [1.165, 1.54) is 0 Å². The molecule has 0 radical (unpaired) electrons. The molecule has 0 N–H and O–H groups in total. The zero-order valence-corrected chi connectivity index (χ0v) is 15.1. The first-order chi connectivity index (χ1) is 11.0. The fourth-order valence-corrected chi connectivity index (χ4v) is 4.29. The largest absolute Gasteiger partial charge is 0.304 e. The molecule has 130 valence electrons. The summed E-state index contributed by atoms with van der Waals surface area (Å²) in [6, 6.07) is 9.86. The number of nitrogens with zero attached hydrogens (tertiary/aromatic N) is 3. The van der Waals surface area contributed by atoms with Gasteiger partial charge in [-0.05, 0) is 19.0 Å². The predicted octanol–water partition coefficient (Wildman–Crippen LogP) is 1.48. The summed E-state index contributed by atoms with van der Waals surface area (Å²) in [6.07, 6.45) is 0.655. The molecule has 23 heavy (non-hydrogen) atoms. The van der Waals surface area contributed by atoms with Gasteiger partial charge in [0.05, 0.1) is 5.75 Å². The number of sulfonamides is 1. The molecular formula is C17H29N3O2S. The number of piperazine rings is 1. The minimum absolute atomic E-state index is 0.225. The van der Waals surface area contributed by atoms with Gasteiger partial charge in [-0.3, -0.25) is 4.90 Å². The van der Waals surface area contributed by atoms with E-state index >= 15 is 0 Å². The molecule has 5 nitrogen and oxygen atoms in total. The quantitative estimate of drug-likeness (QED) is 0.719. The maximum atomic E-state index is 12.6. The third-order valence-corrected chi connectivity index (χ3v) is 6.34. The summed E-state index contributed by atoms with van der Waals surface area (Å²) in [7, 11) is -1.06. The van der Waals surface area contributed by atoms with E-state index in [0.29, 0.717) is 19.5 Å². The monoisotopic (exact) mass is 339 g/mol. The Morgan fingerprint density at radius 2 is 1.74 bits per heavy atom. The molecule has 0 unspecified atom stereocenters. The van der Waals surface area contributed by atoms with Gasteiger partial charge in [0.2, 0.25) is 10.0 Å². The Balaban J connectivity index is 1.98. The highest BCUT2D eigenvalue weighted by molar-refractivity contribution is 7.89. The molecule has 0 saturated carbocycles. The van der Waals surface area contributed by atoms with Crippen LogP contribution < -0.4 is 0 Å². The maximum absolute atomic E-state index is 12.6. The lowest BCUT2D eigenvalue weighted by molar-refractivity contribution is 0.147. The van der Waals surface area contributed by atoms with Gasteiger partial charge in [-0.1, -0.05) is 37.3 Å². The molecule has 1 fully saturated rings. The zero-order valence-electron chi connectivity index (χ0n) is 14.3. The minimum Gasteiger partial charge on any atom is -0.304 e. The van der Waals surface area contributed by atoms with E-state index in [1.54, 1.807) is 4.31 Å². The summed E-state index contributed by atoms with van der Waals surface area (Å²) in [5.41, 5.74) is 1.05. The SMILES string of the molecule is CCCS(=O)(=O)N(CCN1CCN(C)CC1)Cc1ccccc1. The molecule has 0 aromatic heterocycles. The van der Waals surface area contributed by atoms with E-state index in [4.69, 9.17) is 0 Å². The van der Waals surface area contributed by atoms with E-state index in [2.05, 4.69) is 16.8 Å². The number of rotatable bonds is 8. The number of hydrogen-bond acceptors (Lipinski definition) is 4. The van der Waals surface area contributed by atoms with Crippen molar-refractivity contribution in [1.82, 2.24) is 14.1 Å². The van der Waals surface area contributed by atoms with Crippen LogP contribution in [0.25, 0.3) is 0 Å². The fourth-order valence-electron chi connectivity index (χ4n) is 2.82. The molecule has 0 amide bonds. The highest BCUT2D eigenvalue weighted by atomic mass is 32.2. The van der Waals surface area contributed by atoms with Crippen molar-refractivity contribution >= 4 is 10.0 Å². The van der Waals surface area contributed by atoms with Gasteiger partial charge in [-0.25, -0.2) is 8.42 Å². The molecule has 1 aromatic carbocycles. The van der Waals surface area contributed by atoms with Crippen LogP contribution in [-0.2, 0) is 16.6 Å². The van der Waals surface area contributed by atoms with E-state index in [-0.39, 0.29) is 5.75 Å². The van der Waals surface area contributed by atoms with Crippen molar-refractivity contribution in [3.8, 4) is 0 Å². The van der Waals surface area contributed by atoms with Crippen molar-refractivity contribution in [2.24, 2.45) is 0 Å².